The summed E-state index contributed by atoms with van der Waals surface area (Å²) in [7, 11) is 0. The SMILES string of the molecule is CCCCCCCCC=CCCCCCCCCNC(CCCCNC(=O)C(CCCCNC(=O)OC(C)(C)C)NC(=O)C(CCCCNC(=O)OC(C)(C)C)NC(=O)C(CCCCNC(=O)OC(C)(C)C)NC(=O)OC(C)(C)C)C(C)=O. The maximum Gasteiger partial charge on any atom is 0.408 e. The fraction of sp³-hybridized carbons (Fsp3) is 0.841. The summed E-state index contributed by atoms with van der Waals surface area (Å²) in [6.45, 7) is 26.5. The molecule has 0 aliphatic heterocycles. The Labute approximate surface area is 501 Å². The highest BCUT2D eigenvalue weighted by molar-refractivity contribution is 5.94. The first kappa shape index (κ1) is 77.9. The van der Waals surface area contributed by atoms with E-state index in [1.807, 2.05) is 0 Å². The largest absolute Gasteiger partial charge is 0.444 e. The molecule has 0 spiro atoms. The van der Waals surface area contributed by atoms with E-state index in [0.717, 1.165) is 25.8 Å². The molecule has 0 saturated carbocycles. The van der Waals surface area contributed by atoms with Crippen LogP contribution in [0, 0.1) is 0 Å². The van der Waals surface area contributed by atoms with Gasteiger partial charge in [0.15, 0.2) is 0 Å². The zero-order valence-corrected chi connectivity index (χ0v) is 54.3. The lowest BCUT2D eigenvalue weighted by Gasteiger charge is -2.27. The Hall–Kier alpha value is -5.14. The Balaban J connectivity index is 5.95. The number of carbonyl (C=O) groups excluding carboxylic acids is 8. The normalized spacial score (nSPS) is 13.4. The second-order valence-corrected chi connectivity index (χ2v) is 25.9. The van der Waals surface area contributed by atoms with Gasteiger partial charge in [0.25, 0.3) is 0 Å². The molecule has 482 valence electrons. The summed E-state index contributed by atoms with van der Waals surface area (Å²) in [6.07, 6.45) is 24.2. The van der Waals surface area contributed by atoms with E-state index in [2.05, 4.69) is 61.6 Å². The third kappa shape index (κ3) is 48.9. The standard InChI is InChI=1S/C63H118N8O12/c1-15-16-17-18-19-20-21-22-23-24-25-26-27-28-29-34-43-64-49(48(2)72)39-30-35-44-65-53(73)50(40-31-36-45-66-56(76)80-60(3,4)5)69-54(74)51(41-32-37-46-67-57(77)81-61(6,7)8)70-55(75)52(71-59(79)83-63(12,13)14)42-33-38-47-68-58(78)82-62(9,10)11/h22-23,49-52,64H,15-21,24-47H2,1-14H3,(H,65,73)(H,66,76)(H,67,77)(H,68,78)(H,69,74)(H,70,75)(H,71,79). The number of alkyl carbamates (subject to hydrolysis) is 4. The van der Waals surface area contributed by atoms with Gasteiger partial charge in [0.2, 0.25) is 17.7 Å². The van der Waals surface area contributed by atoms with Crippen molar-refractivity contribution < 1.29 is 57.3 Å². The van der Waals surface area contributed by atoms with Gasteiger partial charge in [-0.05, 0) is 206 Å². The van der Waals surface area contributed by atoms with Gasteiger partial charge in [-0.2, -0.15) is 0 Å². The summed E-state index contributed by atoms with van der Waals surface area (Å²) in [4.78, 5) is 105. The van der Waals surface area contributed by atoms with Gasteiger partial charge in [-0.1, -0.05) is 76.9 Å². The molecule has 20 heteroatoms. The second-order valence-electron chi connectivity index (χ2n) is 25.9. The topological polar surface area (TPSA) is 270 Å². The van der Waals surface area contributed by atoms with Crippen molar-refractivity contribution in [1.82, 2.24) is 42.5 Å². The Morgan fingerprint density at radius 3 is 1.01 bits per heavy atom. The fourth-order valence-corrected chi connectivity index (χ4v) is 8.64. The number of rotatable bonds is 44. The Kier molecular flexibility index (Phi) is 41.6. The molecule has 4 unspecified atom stereocenters. The van der Waals surface area contributed by atoms with Crippen LogP contribution in [-0.2, 0) is 38.1 Å². The number of ketones is 1. The number of hydrogen-bond acceptors (Lipinski definition) is 13. The predicted molar refractivity (Wildman–Crippen MR) is 330 cm³/mol. The van der Waals surface area contributed by atoms with Crippen LogP contribution in [0.25, 0.3) is 0 Å². The molecule has 0 aromatic heterocycles. The molecule has 0 aromatic carbocycles. The average molecular weight is 1180 g/mol. The van der Waals surface area contributed by atoms with Crippen LogP contribution < -0.4 is 42.5 Å². The fourth-order valence-electron chi connectivity index (χ4n) is 8.64. The molecule has 0 saturated heterocycles. The van der Waals surface area contributed by atoms with E-state index < -0.39 is 82.6 Å². The second kappa shape index (κ2) is 44.4. The van der Waals surface area contributed by atoms with Crippen LogP contribution in [0.4, 0.5) is 19.2 Å². The predicted octanol–water partition coefficient (Wildman–Crippen LogP) is 11.8. The van der Waals surface area contributed by atoms with E-state index in [1.54, 1.807) is 90.0 Å². The third-order valence-corrected chi connectivity index (χ3v) is 12.8. The van der Waals surface area contributed by atoms with Crippen molar-refractivity contribution in [2.24, 2.45) is 0 Å². The van der Waals surface area contributed by atoms with E-state index in [-0.39, 0.29) is 50.7 Å². The smallest absolute Gasteiger partial charge is 0.408 e. The molecular formula is C63H118N8O12. The van der Waals surface area contributed by atoms with Crippen molar-refractivity contribution in [3.63, 3.8) is 0 Å². The molecule has 4 atom stereocenters. The zero-order valence-electron chi connectivity index (χ0n) is 54.3. The number of allylic oxidation sites excluding steroid dienone is 2. The summed E-state index contributed by atoms with van der Waals surface area (Å²) in [6, 6.07) is -3.65. The lowest BCUT2D eigenvalue weighted by Crippen LogP contribution is -2.57. The molecule has 0 aliphatic carbocycles. The summed E-state index contributed by atoms with van der Waals surface area (Å²) >= 11 is 0. The molecule has 0 aliphatic rings. The lowest BCUT2D eigenvalue weighted by molar-refractivity contribution is -0.133. The zero-order chi connectivity index (χ0) is 62.7. The number of nitrogens with one attached hydrogen (secondary N) is 8. The van der Waals surface area contributed by atoms with Gasteiger partial charge in [0.1, 0.15) is 46.3 Å². The molecule has 0 radical (unpaired) electrons. The summed E-state index contributed by atoms with van der Waals surface area (Å²) < 4.78 is 21.5. The number of amides is 7. The quantitative estimate of drug-likeness (QED) is 0.0160. The van der Waals surface area contributed by atoms with Crippen LogP contribution in [0.1, 0.15) is 264 Å². The van der Waals surface area contributed by atoms with Crippen molar-refractivity contribution in [3.8, 4) is 0 Å². The van der Waals surface area contributed by atoms with E-state index >= 15 is 0 Å². The maximum absolute atomic E-state index is 14.4. The molecule has 20 nitrogen and oxygen atoms in total. The molecule has 0 rings (SSSR count). The van der Waals surface area contributed by atoms with Crippen LogP contribution in [0.2, 0.25) is 0 Å². The van der Waals surface area contributed by atoms with Gasteiger partial charge in [-0.25, -0.2) is 19.2 Å². The van der Waals surface area contributed by atoms with Crippen LogP contribution in [0.15, 0.2) is 12.2 Å². The molecule has 0 heterocycles. The van der Waals surface area contributed by atoms with Gasteiger partial charge in [-0.15, -0.1) is 0 Å². The molecule has 0 aromatic rings. The van der Waals surface area contributed by atoms with Crippen molar-refractivity contribution in [1.29, 1.82) is 0 Å². The Bertz CT molecular complexity index is 1870. The van der Waals surface area contributed by atoms with Crippen molar-refractivity contribution in [2.45, 2.75) is 310 Å². The minimum atomic E-state index is -1.18. The third-order valence-electron chi connectivity index (χ3n) is 12.8. The number of carbonyl (C=O) groups is 8. The first-order valence-corrected chi connectivity index (χ1v) is 31.6. The van der Waals surface area contributed by atoms with E-state index in [4.69, 9.17) is 18.9 Å². The average Bonchev–Trinajstić information content (AvgIpc) is 3.39. The molecule has 0 bridgehead atoms. The molecule has 0 fully saturated rings. The lowest BCUT2D eigenvalue weighted by atomic mass is 10.0. The first-order valence-electron chi connectivity index (χ1n) is 31.6. The molecular weight excluding hydrogens is 1060 g/mol. The molecule has 83 heavy (non-hydrogen) atoms. The van der Waals surface area contributed by atoms with Crippen molar-refractivity contribution >= 4 is 47.9 Å². The van der Waals surface area contributed by atoms with Crippen LogP contribution in [0.5, 0.6) is 0 Å². The Morgan fingerprint density at radius 2 is 0.639 bits per heavy atom. The molecule has 8 N–H and O–H groups in total. The van der Waals surface area contributed by atoms with Crippen molar-refractivity contribution in [2.75, 3.05) is 32.7 Å². The highest BCUT2D eigenvalue weighted by Crippen LogP contribution is 2.15. The van der Waals surface area contributed by atoms with E-state index in [0.29, 0.717) is 64.3 Å². The van der Waals surface area contributed by atoms with Gasteiger partial charge in [0, 0.05) is 26.2 Å². The maximum atomic E-state index is 14.4. The monoisotopic (exact) mass is 1180 g/mol. The number of ether oxygens (including phenoxy) is 4. The molecule has 7 amide bonds. The number of unbranched alkanes of at least 4 members (excludes halogenated alkanes) is 16. The van der Waals surface area contributed by atoms with Crippen LogP contribution in [0.3, 0.4) is 0 Å². The highest BCUT2D eigenvalue weighted by Gasteiger charge is 2.31. The number of hydrogen-bond donors (Lipinski definition) is 8. The first-order chi connectivity index (χ1) is 38.9. The summed E-state index contributed by atoms with van der Waals surface area (Å²) in [5, 5.41) is 22.9. The van der Waals surface area contributed by atoms with E-state index in [9.17, 15) is 38.4 Å². The van der Waals surface area contributed by atoms with Crippen LogP contribution in [-0.4, -0.2) is 127 Å². The number of Topliss-reactive ketones (excluding diaryl/α,β-unsaturated/α-hetero) is 1. The minimum Gasteiger partial charge on any atom is -0.444 e. The minimum absolute atomic E-state index is 0.0722. The van der Waals surface area contributed by atoms with Gasteiger partial charge in [-0.3, -0.25) is 19.2 Å². The van der Waals surface area contributed by atoms with Gasteiger partial charge < -0.3 is 61.5 Å². The van der Waals surface area contributed by atoms with Crippen molar-refractivity contribution in [3.05, 3.63) is 12.2 Å². The van der Waals surface area contributed by atoms with Crippen LogP contribution >= 0.6 is 0 Å². The summed E-state index contributed by atoms with van der Waals surface area (Å²) in [5.41, 5.74) is -2.95. The summed E-state index contributed by atoms with van der Waals surface area (Å²) in [5.74, 6) is -1.67. The van der Waals surface area contributed by atoms with Gasteiger partial charge >= 0.3 is 24.4 Å². The Morgan fingerprint density at radius 1 is 0.337 bits per heavy atom. The van der Waals surface area contributed by atoms with Gasteiger partial charge in [0.05, 0.1) is 6.04 Å². The van der Waals surface area contributed by atoms with E-state index in [1.165, 1.54) is 70.6 Å². The highest BCUT2D eigenvalue weighted by atomic mass is 16.6.